The first-order chi connectivity index (χ1) is 6.93. The van der Waals surface area contributed by atoms with Crippen molar-refractivity contribution in [3.05, 3.63) is 0 Å². The van der Waals surface area contributed by atoms with Crippen LogP contribution >= 0.6 is 0 Å². The van der Waals surface area contributed by atoms with E-state index in [4.69, 9.17) is 10.9 Å². The van der Waals surface area contributed by atoms with Gasteiger partial charge < -0.3 is 15.8 Å². The van der Waals surface area contributed by atoms with Gasteiger partial charge in [-0.25, -0.2) is 0 Å². The SMILES string of the molecule is CCN(CC(C)C(N)=NO)C(=O)C(C)C. The van der Waals surface area contributed by atoms with Crippen LogP contribution in [0.1, 0.15) is 27.7 Å². The van der Waals surface area contributed by atoms with Gasteiger partial charge in [-0.15, -0.1) is 0 Å². The van der Waals surface area contributed by atoms with Crippen LogP contribution in [0.3, 0.4) is 0 Å². The third-order valence-corrected chi connectivity index (χ3v) is 2.30. The van der Waals surface area contributed by atoms with E-state index in [1.54, 1.807) is 4.90 Å². The predicted octanol–water partition coefficient (Wildman–Crippen LogP) is 0.873. The molecule has 0 bridgehead atoms. The summed E-state index contributed by atoms with van der Waals surface area (Å²) in [6.07, 6.45) is 0. The summed E-state index contributed by atoms with van der Waals surface area (Å²) >= 11 is 0. The van der Waals surface area contributed by atoms with Gasteiger partial charge in [0.25, 0.3) is 0 Å². The normalized spacial score (nSPS) is 14.1. The lowest BCUT2D eigenvalue weighted by Crippen LogP contribution is -2.40. The van der Waals surface area contributed by atoms with E-state index in [9.17, 15) is 4.79 Å². The van der Waals surface area contributed by atoms with Crippen LogP contribution in [0.25, 0.3) is 0 Å². The Hall–Kier alpha value is -1.26. The first-order valence-electron chi connectivity index (χ1n) is 5.20. The van der Waals surface area contributed by atoms with Crippen molar-refractivity contribution >= 4 is 11.7 Å². The summed E-state index contributed by atoms with van der Waals surface area (Å²) in [5.74, 6) is 0.0992. The van der Waals surface area contributed by atoms with Gasteiger partial charge in [0.05, 0.1) is 0 Å². The molecule has 0 aromatic carbocycles. The molecule has 88 valence electrons. The van der Waals surface area contributed by atoms with Crippen LogP contribution in [0.5, 0.6) is 0 Å². The number of hydrogen-bond acceptors (Lipinski definition) is 3. The third kappa shape index (κ3) is 4.18. The second kappa shape index (κ2) is 6.27. The van der Waals surface area contributed by atoms with Gasteiger partial charge in [0.15, 0.2) is 0 Å². The molecule has 0 radical (unpaired) electrons. The number of carbonyl (C=O) groups is 1. The fraction of sp³-hybridized carbons (Fsp3) is 0.800. The van der Waals surface area contributed by atoms with E-state index in [1.165, 1.54) is 0 Å². The van der Waals surface area contributed by atoms with Crippen LogP contribution < -0.4 is 5.73 Å². The van der Waals surface area contributed by atoms with Crippen LogP contribution in [-0.2, 0) is 4.79 Å². The molecule has 0 saturated carbocycles. The van der Waals surface area contributed by atoms with Crippen LogP contribution in [0.2, 0.25) is 0 Å². The Morgan fingerprint density at radius 1 is 1.47 bits per heavy atom. The molecule has 0 saturated heterocycles. The van der Waals surface area contributed by atoms with Gasteiger partial charge in [-0.2, -0.15) is 0 Å². The van der Waals surface area contributed by atoms with Crippen molar-refractivity contribution < 1.29 is 10.0 Å². The fourth-order valence-electron chi connectivity index (χ4n) is 1.26. The first kappa shape index (κ1) is 13.7. The lowest BCUT2D eigenvalue weighted by atomic mass is 10.1. The monoisotopic (exact) mass is 215 g/mol. The highest BCUT2D eigenvalue weighted by molar-refractivity contribution is 5.83. The molecule has 15 heavy (non-hydrogen) atoms. The van der Waals surface area contributed by atoms with Crippen molar-refractivity contribution in [3.8, 4) is 0 Å². The molecule has 0 heterocycles. The average Bonchev–Trinajstić information content (AvgIpc) is 2.22. The second-order valence-electron chi connectivity index (χ2n) is 3.96. The molecule has 5 heteroatoms. The zero-order chi connectivity index (χ0) is 12.0. The summed E-state index contributed by atoms with van der Waals surface area (Å²) in [5.41, 5.74) is 5.46. The molecule has 1 unspecified atom stereocenters. The Kier molecular flexibility index (Phi) is 5.74. The smallest absolute Gasteiger partial charge is 0.225 e. The number of nitrogens with two attached hydrogens (primary N) is 1. The third-order valence-electron chi connectivity index (χ3n) is 2.30. The lowest BCUT2D eigenvalue weighted by Gasteiger charge is -2.25. The molecule has 1 atom stereocenters. The van der Waals surface area contributed by atoms with Crippen molar-refractivity contribution in [1.82, 2.24) is 4.90 Å². The van der Waals surface area contributed by atoms with Gasteiger partial charge in [-0.3, -0.25) is 4.79 Å². The van der Waals surface area contributed by atoms with Gasteiger partial charge in [0, 0.05) is 24.9 Å². The largest absolute Gasteiger partial charge is 0.409 e. The molecule has 0 aliphatic carbocycles. The summed E-state index contributed by atoms with van der Waals surface area (Å²) < 4.78 is 0. The number of nitrogens with zero attached hydrogens (tertiary/aromatic N) is 2. The minimum Gasteiger partial charge on any atom is -0.409 e. The van der Waals surface area contributed by atoms with Crippen molar-refractivity contribution in [2.24, 2.45) is 22.7 Å². The molecule has 3 N–H and O–H groups in total. The highest BCUT2D eigenvalue weighted by atomic mass is 16.4. The molecule has 1 amide bonds. The average molecular weight is 215 g/mol. The number of amides is 1. The Morgan fingerprint density at radius 2 is 2.00 bits per heavy atom. The van der Waals surface area contributed by atoms with E-state index in [1.807, 2.05) is 27.7 Å². The maximum atomic E-state index is 11.7. The Labute approximate surface area is 90.9 Å². The second-order valence-corrected chi connectivity index (χ2v) is 3.96. The summed E-state index contributed by atoms with van der Waals surface area (Å²) in [6.45, 7) is 8.59. The molecule has 0 aliphatic rings. The zero-order valence-corrected chi connectivity index (χ0v) is 9.90. The molecule has 5 nitrogen and oxygen atoms in total. The molecule has 0 aliphatic heterocycles. The number of rotatable bonds is 5. The fourth-order valence-corrected chi connectivity index (χ4v) is 1.26. The lowest BCUT2D eigenvalue weighted by molar-refractivity contribution is -0.134. The van der Waals surface area contributed by atoms with E-state index in [-0.39, 0.29) is 23.6 Å². The number of amidine groups is 1. The van der Waals surface area contributed by atoms with Crippen molar-refractivity contribution in [2.45, 2.75) is 27.7 Å². The van der Waals surface area contributed by atoms with E-state index in [2.05, 4.69) is 5.16 Å². The van der Waals surface area contributed by atoms with Gasteiger partial charge in [-0.1, -0.05) is 25.9 Å². The number of oxime groups is 1. The predicted molar refractivity (Wildman–Crippen MR) is 59.7 cm³/mol. The molecule has 0 spiro atoms. The van der Waals surface area contributed by atoms with Gasteiger partial charge >= 0.3 is 0 Å². The maximum absolute atomic E-state index is 11.7. The quantitative estimate of drug-likeness (QED) is 0.309. The summed E-state index contributed by atoms with van der Waals surface area (Å²) in [5, 5.41) is 11.4. The highest BCUT2D eigenvalue weighted by Crippen LogP contribution is 2.05. The molecule has 0 rings (SSSR count). The summed E-state index contributed by atoms with van der Waals surface area (Å²) in [4.78, 5) is 13.4. The van der Waals surface area contributed by atoms with Crippen LogP contribution in [0, 0.1) is 11.8 Å². The van der Waals surface area contributed by atoms with Crippen molar-refractivity contribution in [3.63, 3.8) is 0 Å². The Bertz CT molecular complexity index is 239. The summed E-state index contributed by atoms with van der Waals surface area (Å²) in [7, 11) is 0. The first-order valence-corrected chi connectivity index (χ1v) is 5.20. The van der Waals surface area contributed by atoms with E-state index in [0.717, 1.165) is 0 Å². The van der Waals surface area contributed by atoms with Crippen molar-refractivity contribution in [1.29, 1.82) is 0 Å². The highest BCUT2D eigenvalue weighted by Gasteiger charge is 2.19. The van der Waals surface area contributed by atoms with E-state index < -0.39 is 0 Å². The zero-order valence-electron chi connectivity index (χ0n) is 9.90. The van der Waals surface area contributed by atoms with Crippen LogP contribution in [0.4, 0.5) is 0 Å². The Morgan fingerprint density at radius 3 is 2.33 bits per heavy atom. The molecule has 0 aromatic heterocycles. The maximum Gasteiger partial charge on any atom is 0.225 e. The van der Waals surface area contributed by atoms with Gasteiger partial charge in [0.1, 0.15) is 5.84 Å². The minimum absolute atomic E-state index is 0.0237. The summed E-state index contributed by atoms with van der Waals surface area (Å²) in [6, 6.07) is 0. The van der Waals surface area contributed by atoms with Crippen LogP contribution in [0.15, 0.2) is 5.16 Å². The topological polar surface area (TPSA) is 78.9 Å². The Balaban J connectivity index is 4.40. The van der Waals surface area contributed by atoms with E-state index in [0.29, 0.717) is 13.1 Å². The number of hydrogen-bond donors (Lipinski definition) is 2. The van der Waals surface area contributed by atoms with Gasteiger partial charge in [-0.05, 0) is 6.92 Å². The van der Waals surface area contributed by atoms with Crippen LogP contribution in [-0.4, -0.2) is 34.9 Å². The molecular weight excluding hydrogens is 194 g/mol. The standard InChI is InChI=1S/C10H21N3O2/c1-5-13(10(14)7(2)3)6-8(4)9(11)12-15/h7-8,15H,5-6H2,1-4H3,(H2,11,12). The molecule has 0 fully saturated rings. The van der Waals surface area contributed by atoms with E-state index >= 15 is 0 Å². The minimum atomic E-state index is -0.127. The molecule has 0 aromatic rings. The van der Waals surface area contributed by atoms with Crippen molar-refractivity contribution in [2.75, 3.05) is 13.1 Å². The molecular formula is C10H21N3O2. The van der Waals surface area contributed by atoms with Gasteiger partial charge in [0.2, 0.25) is 5.91 Å². The number of carbonyl (C=O) groups excluding carboxylic acids is 1.